The minimum absolute atomic E-state index is 0.192. The molecule has 0 bridgehead atoms. The van der Waals surface area contributed by atoms with Gasteiger partial charge in [-0.15, -0.1) is 0 Å². The van der Waals surface area contributed by atoms with E-state index >= 15 is 0 Å². The lowest BCUT2D eigenvalue weighted by atomic mass is 10.0. The van der Waals surface area contributed by atoms with E-state index in [2.05, 4.69) is 25.2 Å². The zero-order valence-corrected chi connectivity index (χ0v) is 11.6. The van der Waals surface area contributed by atoms with Crippen LogP contribution in [0.25, 0.3) is 10.8 Å². The lowest BCUT2D eigenvalue weighted by molar-refractivity contribution is 0.455. The number of phenolic OH excluding ortho intramolecular Hbond substituents is 1. The lowest BCUT2D eigenvalue weighted by Crippen LogP contribution is -2.21. The number of rotatable bonds is 4. The van der Waals surface area contributed by atoms with Gasteiger partial charge in [0.05, 0.1) is 0 Å². The van der Waals surface area contributed by atoms with Crippen LogP contribution >= 0.6 is 0 Å². The van der Waals surface area contributed by atoms with Crippen LogP contribution in [0.4, 0.5) is 0 Å². The summed E-state index contributed by atoms with van der Waals surface area (Å²) >= 11 is 0. The molecule has 1 aliphatic rings. The Morgan fingerprint density at radius 2 is 2.00 bits per heavy atom. The summed E-state index contributed by atoms with van der Waals surface area (Å²) in [7, 11) is 0. The van der Waals surface area contributed by atoms with E-state index in [1.807, 2.05) is 30.3 Å². The molecule has 2 N–H and O–H groups in total. The Labute approximate surface area is 114 Å². The standard InChI is InChI=1S/C17H21NO/c1-11-9-14(11)10-18-12(2)15-8-7-13-5-3-4-6-16(13)17(15)19/h3-8,11-12,14,18-19H,9-10H2,1-2H3. The fourth-order valence-corrected chi connectivity index (χ4v) is 2.74. The van der Waals surface area contributed by atoms with Crippen LogP contribution in [0.15, 0.2) is 36.4 Å². The van der Waals surface area contributed by atoms with E-state index in [0.29, 0.717) is 5.75 Å². The van der Waals surface area contributed by atoms with Crippen LogP contribution < -0.4 is 5.32 Å². The van der Waals surface area contributed by atoms with E-state index in [9.17, 15) is 5.11 Å². The van der Waals surface area contributed by atoms with E-state index in [4.69, 9.17) is 0 Å². The van der Waals surface area contributed by atoms with Crippen molar-refractivity contribution in [1.29, 1.82) is 0 Å². The Morgan fingerprint density at radius 1 is 1.26 bits per heavy atom. The molecule has 0 aromatic heterocycles. The fraction of sp³-hybridized carbons (Fsp3) is 0.412. The SMILES string of the molecule is CC(NCC1CC1C)c1ccc2ccccc2c1O. The molecule has 3 atom stereocenters. The molecule has 0 aliphatic heterocycles. The molecule has 3 rings (SSSR count). The minimum atomic E-state index is 0.192. The molecular weight excluding hydrogens is 234 g/mol. The molecule has 2 aromatic carbocycles. The zero-order chi connectivity index (χ0) is 13.4. The highest BCUT2D eigenvalue weighted by Gasteiger charge is 2.32. The molecule has 3 unspecified atom stereocenters. The molecule has 0 heterocycles. The summed E-state index contributed by atoms with van der Waals surface area (Å²) in [6.45, 7) is 5.47. The van der Waals surface area contributed by atoms with Crippen molar-refractivity contribution in [2.45, 2.75) is 26.3 Å². The first-order chi connectivity index (χ1) is 9.16. The van der Waals surface area contributed by atoms with Gasteiger partial charge in [-0.2, -0.15) is 0 Å². The van der Waals surface area contributed by atoms with E-state index < -0.39 is 0 Å². The molecule has 0 spiro atoms. The third-order valence-corrected chi connectivity index (χ3v) is 4.36. The molecule has 0 amide bonds. The van der Waals surface area contributed by atoms with Crippen molar-refractivity contribution < 1.29 is 5.11 Å². The highest BCUT2D eigenvalue weighted by molar-refractivity contribution is 5.89. The van der Waals surface area contributed by atoms with Crippen LogP contribution in [0.2, 0.25) is 0 Å². The van der Waals surface area contributed by atoms with Crippen LogP contribution in [-0.4, -0.2) is 11.7 Å². The minimum Gasteiger partial charge on any atom is -0.507 e. The van der Waals surface area contributed by atoms with Crippen molar-refractivity contribution in [1.82, 2.24) is 5.32 Å². The predicted molar refractivity (Wildman–Crippen MR) is 79.3 cm³/mol. The van der Waals surface area contributed by atoms with E-state index in [0.717, 1.165) is 34.7 Å². The van der Waals surface area contributed by atoms with Gasteiger partial charge < -0.3 is 10.4 Å². The van der Waals surface area contributed by atoms with Gasteiger partial charge in [0.2, 0.25) is 0 Å². The van der Waals surface area contributed by atoms with Gasteiger partial charge >= 0.3 is 0 Å². The van der Waals surface area contributed by atoms with Gasteiger partial charge in [0.1, 0.15) is 5.75 Å². The fourth-order valence-electron chi connectivity index (χ4n) is 2.74. The highest BCUT2D eigenvalue weighted by Crippen LogP contribution is 2.38. The van der Waals surface area contributed by atoms with Crippen LogP contribution in [-0.2, 0) is 0 Å². The maximum Gasteiger partial charge on any atom is 0.128 e. The molecular formula is C17H21NO. The van der Waals surface area contributed by atoms with Crippen molar-refractivity contribution in [3.05, 3.63) is 42.0 Å². The molecule has 2 heteroatoms. The van der Waals surface area contributed by atoms with Crippen molar-refractivity contribution in [2.24, 2.45) is 11.8 Å². The number of aromatic hydroxyl groups is 1. The number of hydrogen-bond donors (Lipinski definition) is 2. The van der Waals surface area contributed by atoms with Crippen molar-refractivity contribution in [3.63, 3.8) is 0 Å². The Bertz CT molecular complexity index is 593. The molecule has 2 aromatic rings. The van der Waals surface area contributed by atoms with Crippen LogP contribution in [0.3, 0.4) is 0 Å². The first kappa shape index (κ1) is 12.5. The maximum absolute atomic E-state index is 10.4. The summed E-state index contributed by atoms with van der Waals surface area (Å²) in [4.78, 5) is 0. The Morgan fingerprint density at radius 3 is 2.74 bits per heavy atom. The summed E-state index contributed by atoms with van der Waals surface area (Å²) in [5.41, 5.74) is 0.993. The van der Waals surface area contributed by atoms with Gasteiger partial charge in [-0.05, 0) is 37.1 Å². The number of fused-ring (bicyclic) bond motifs is 1. The smallest absolute Gasteiger partial charge is 0.128 e. The average Bonchev–Trinajstić information content (AvgIpc) is 3.13. The van der Waals surface area contributed by atoms with E-state index in [-0.39, 0.29) is 6.04 Å². The van der Waals surface area contributed by atoms with Gasteiger partial charge in [0, 0.05) is 17.0 Å². The van der Waals surface area contributed by atoms with Gasteiger partial charge in [0.15, 0.2) is 0 Å². The number of benzene rings is 2. The van der Waals surface area contributed by atoms with Crippen LogP contribution in [0.5, 0.6) is 5.75 Å². The van der Waals surface area contributed by atoms with E-state index in [1.165, 1.54) is 6.42 Å². The van der Waals surface area contributed by atoms with Gasteiger partial charge in [0.25, 0.3) is 0 Å². The van der Waals surface area contributed by atoms with Crippen LogP contribution in [0.1, 0.15) is 31.9 Å². The number of hydrogen-bond acceptors (Lipinski definition) is 2. The number of phenols is 1. The topological polar surface area (TPSA) is 32.3 Å². The maximum atomic E-state index is 10.4. The Kier molecular flexibility index (Phi) is 3.19. The summed E-state index contributed by atoms with van der Waals surface area (Å²) < 4.78 is 0. The van der Waals surface area contributed by atoms with E-state index in [1.54, 1.807) is 0 Å². The molecule has 100 valence electrons. The van der Waals surface area contributed by atoms with Crippen molar-refractivity contribution in [2.75, 3.05) is 6.54 Å². The second-order valence-electron chi connectivity index (χ2n) is 5.83. The molecule has 1 fully saturated rings. The number of nitrogens with one attached hydrogen (secondary N) is 1. The summed E-state index contributed by atoms with van der Waals surface area (Å²) in [5, 5.41) is 16.0. The molecule has 0 radical (unpaired) electrons. The highest BCUT2D eigenvalue weighted by atomic mass is 16.3. The summed E-state index contributed by atoms with van der Waals surface area (Å²) in [6, 6.07) is 12.3. The second kappa shape index (κ2) is 4.86. The van der Waals surface area contributed by atoms with Crippen molar-refractivity contribution in [3.8, 4) is 5.75 Å². The lowest BCUT2D eigenvalue weighted by Gasteiger charge is -2.17. The van der Waals surface area contributed by atoms with Gasteiger partial charge in [-0.1, -0.05) is 43.3 Å². The molecule has 2 nitrogen and oxygen atoms in total. The average molecular weight is 255 g/mol. The van der Waals surface area contributed by atoms with Gasteiger partial charge in [-0.3, -0.25) is 0 Å². The largest absolute Gasteiger partial charge is 0.507 e. The van der Waals surface area contributed by atoms with Gasteiger partial charge in [-0.25, -0.2) is 0 Å². The van der Waals surface area contributed by atoms with Crippen LogP contribution in [0, 0.1) is 11.8 Å². The Hall–Kier alpha value is -1.54. The third-order valence-electron chi connectivity index (χ3n) is 4.36. The second-order valence-corrected chi connectivity index (χ2v) is 5.83. The Balaban J connectivity index is 1.81. The molecule has 19 heavy (non-hydrogen) atoms. The van der Waals surface area contributed by atoms with Crippen molar-refractivity contribution >= 4 is 10.8 Å². The molecule has 1 saturated carbocycles. The monoisotopic (exact) mass is 255 g/mol. The quantitative estimate of drug-likeness (QED) is 0.869. The first-order valence-corrected chi connectivity index (χ1v) is 7.11. The third kappa shape index (κ3) is 2.45. The first-order valence-electron chi connectivity index (χ1n) is 7.11. The zero-order valence-electron chi connectivity index (χ0n) is 11.6. The summed E-state index contributed by atoms with van der Waals surface area (Å²) in [6.07, 6.45) is 1.34. The molecule has 1 aliphatic carbocycles. The normalized spacial score (nSPS) is 23.5. The predicted octanol–water partition coefficient (Wildman–Crippen LogP) is 3.85. The molecule has 0 saturated heterocycles. The summed E-state index contributed by atoms with van der Waals surface area (Å²) in [5.74, 6) is 2.11.